The van der Waals surface area contributed by atoms with Crippen LogP contribution >= 0.6 is 0 Å². The van der Waals surface area contributed by atoms with Crippen LogP contribution in [0, 0.1) is 0 Å². The summed E-state index contributed by atoms with van der Waals surface area (Å²) in [7, 11) is 0. The lowest BCUT2D eigenvalue weighted by atomic mass is 10.1. The van der Waals surface area contributed by atoms with Crippen LogP contribution in [0.15, 0.2) is 54.6 Å². The lowest BCUT2D eigenvalue weighted by molar-refractivity contribution is 0.0342. The fraction of sp³-hybridized carbons (Fsp3) is 0.480. The second-order valence-corrected chi connectivity index (χ2v) is 8.45. The minimum atomic E-state index is 0.0199. The van der Waals surface area contributed by atoms with E-state index in [1.165, 1.54) is 11.1 Å². The van der Waals surface area contributed by atoms with Gasteiger partial charge in [0.2, 0.25) is 0 Å². The number of morpholine rings is 1. The monoisotopic (exact) mass is 422 g/mol. The summed E-state index contributed by atoms with van der Waals surface area (Å²) in [6, 6.07) is 18.7. The van der Waals surface area contributed by atoms with Crippen LogP contribution in [0.1, 0.15) is 21.5 Å². The van der Waals surface area contributed by atoms with Crippen LogP contribution in [-0.2, 0) is 17.8 Å². The third kappa shape index (κ3) is 6.87. The lowest BCUT2D eigenvalue weighted by Gasteiger charge is -2.34. The molecule has 166 valence electrons. The first-order valence-electron chi connectivity index (χ1n) is 11.4. The molecule has 0 aromatic heterocycles. The fourth-order valence-corrected chi connectivity index (χ4v) is 4.27. The standard InChI is InChI=1S/C25H34N4O2/c30-25(24-8-4-7-23(19-24)21-29-15-17-31-18-16-29)26-9-10-27-11-13-28(14-12-27)20-22-5-2-1-3-6-22/h1-8,19H,9-18,20-21H2,(H,26,30). The van der Waals surface area contributed by atoms with E-state index < -0.39 is 0 Å². The van der Waals surface area contributed by atoms with E-state index in [9.17, 15) is 4.79 Å². The molecule has 0 bridgehead atoms. The summed E-state index contributed by atoms with van der Waals surface area (Å²) in [6.07, 6.45) is 0. The van der Waals surface area contributed by atoms with Gasteiger partial charge < -0.3 is 10.1 Å². The number of hydrogen-bond donors (Lipinski definition) is 1. The maximum Gasteiger partial charge on any atom is 0.251 e. The van der Waals surface area contributed by atoms with Gasteiger partial charge in [-0.2, -0.15) is 0 Å². The predicted molar refractivity (Wildman–Crippen MR) is 123 cm³/mol. The molecule has 4 rings (SSSR count). The Morgan fingerprint density at radius 1 is 0.774 bits per heavy atom. The van der Waals surface area contributed by atoms with Crippen LogP contribution in [0.4, 0.5) is 0 Å². The number of nitrogens with one attached hydrogen (secondary N) is 1. The quantitative estimate of drug-likeness (QED) is 0.706. The molecule has 0 atom stereocenters. The highest BCUT2D eigenvalue weighted by atomic mass is 16.5. The highest BCUT2D eigenvalue weighted by Crippen LogP contribution is 2.11. The molecular weight excluding hydrogens is 388 g/mol. The van der Waals surface area contributed by atoms with Gasteiger partial charge in [-0.05, 0) is 23.3 Å². The fourth-order valence-electron chi connectivity index (χ4n) is 4.27. The minimum Gasteiger partial charge on any atom is -0.379 e. The molecule has 2 heterocycles. The normalized spacial score (nSPS) is 18.7. The highest BCUT2D eigenvalue weighted by molar-refractivity contribution is 5.94. The molecule has 2 aromatic carbocycles. The molecule has 0 spiro atoms. The summed E-state index contributed by atoms with van der Waals surface area (Å²) in [6.45, 7) is 11.2. The van der Waals surface area contributed by atoms with E-state index in [0.717, 1.165) is 77.7 Å². The van der Waals surface area contributed by atoms with Crippen molar-refractivity contribution in [2.24, 2.45) is 0 Å². The van der Waals surface area contributed by atoms with Crippen molar-refractivity contribution in [1.82, 2.24) is 20.0 Å². The van der Waals surface area contributed by atoms with Crippen LogP contribution in [0.25, 0.3) is 0 Å². The zero-order valence-corrected chi connectivity index (χ0v) is 18.3. The molecule has 0 unspecified atom stereocenters. The number of carbonyl (C=O) groups excluding carboxylic acids is 1. The Labute approximate surface area is 185 Å². The van der Waals surface area contributed by atoms with Crippen LogP contribution in [-0.4, -0.2) is 86.2 Å². The molecule has 0 saturated carbocycles. The Morgan fingerprint density at radius 3 is 2.19 bits per heavy atom. The summed E-state index contributed by atoms with van der Waals surface area (Å²) < 4.78 is 5.41. The smallest absolute Gasteiger partial charge is 0.251 e. The molecule has 2 aliphatic rings. The van der Waals surface area contributed by atoms with Gasteiger partial charge in [0.05, 0.1) is 13.2 Å². The summed E-state index contributed by atoms with van der Waals surface area (Å²) in [5, 5.41) is 3.10. The van der Waals surface area contributed by atoms with Crippen molar-refractivity contribution < 1.29 is 9.53 Å². The average molecular weight is 423 g/mol. The third-order valence-electron chi connectivity index (χ3n) is 6.13. The Bertz CT molecular complexity index is 815. The van der Waals surface area contributed by atoms with E-state index in [0.29, 0.717) is 6.54 Å². The maximum atomic E-state index is 12.6. The summed E-state index contributed by atoms with van der Waals surface area (Å²) in [5.74, 6) is 0.0199. The molecule has 2 saturated heterocycles. The van der Waals surface area contributed by atoms with Crippen molar-refractivity contribution in [2.45, 2.75) is 13.1 Å². The number of carbonyl (C=O) groups is 1. The Kier molecular flexibility index (Phi) is 8.07. The lowest BCUT2D eigenvalue weighted by Crippen LogP contribution is -2.48. The van der Waals surface area contributed by atoms with Gasteiger partial charge in [-0.25, -0.2) is 0 Å². The maximum absolute atomic E-state index is 12.6. The van der Waals surface area contributed by atoms with Gasteiger partial charge in [0, 0.05) is 71.0 Å². The molecule has 1 N–H and O–H groups in total. The van der Waals surface area contributed by atoms with Gasteiger partial charge in [0.15, 0.2) is 0 Å². The van der Waals surface area contributed by atoms with Gasteiger partial charge in [-0.1, -0.05) is 42.5 Å². The number of rotatable bonds is 8. The molecule has 31 heavy (non-hydrogen) atoms. The first-order valence-corrected chi connectivity index (χ1v) is 11.4. The van der Waals surface area contributed by atoms with E-state index in [1.807, 2.05) is 18.2 Å². The third-order valence-corrected chi connectivity index (χ3v) is 6.13. The Balaban J connectivity index is 1.16. The summed E-state index contributed by atoms with van der Waals surface area (Å²) >= 11 is 0. The van der Waals surface area contributed by atoms with Gasteiger partial charge in [0.25, 0.3) is 5.91 Å². The average Bonchev–Trinajstić information content (AvgIpc) is 2.82. The van der Waals surface area contributed by atoms with Crippen molar-refractivity contribution >= 4 is 5.91 Å². The van der Waals surface area contributed by atoms with E-state index in [-0.39, 0.29) is 5.91 Å². The minimum absolute atomic E-state index is 0.0199. The number of ether oxygens (including phenoxy) is 1. The molecule has 6 heteroatoms. The van der Waals surface area contributed by atoms with Crippen LogP contribution in [0.2, 0.25) is 0 Å². The van der Waals surface area contributed by atoms with E-state index in [4.69, 9.17) is 4.74 Å². The molecule has 2 aromatic rings. The van der Waals surface area contributed by atoms with Gasteiger partial charge in [-0.15, -0.1) is 0 Å². The molecular formula is C25H34N4O2. The molecule has 2 aliphatic heterocycles. The first kappa shape index (κ1) is 22.0. The van der Waals surface area contributed by atoms with Crippen molar-refractivity contribution in [3.63, 3.8) is 0 Å². The zero-order valence-electron chi connectivity index (χ0n) is 18.3. The van der Waals surface area contributed by atoms with Crippen LogP contribution in [0.5, 0.6) is 0 Å². The van der Waals surface area contributed by atoms with Gasteiger partial charge in [-0.3, -0.25) is 19.5 Å². The SMILES string of the molecule is O=C(NCCN1CCN(Cc2ccccc2)CC1)c1cccc(CN2CCOCC2)c1. The highest BCUT2D eigenvalue weighted by Gasteiger charge is 2.17. The van der Waals surface area contributed by atoms with E-state index in [1.54, 1.807) is 0 Å². The molecule has 6 nitrogen and oxygen atoms in total. The van der Waals surface area contributed by atoms with Crippen LogP contribution in [0.3, 0.4) is 0 Å². The first-order chi connectivity index (χ1) is 15.3. The number of hydrogen-bond acceptors (Lipinski definition) is 5. The number of nitrogens with zero attached hydrogens (tertiary/aromatic N) is 3. The largest absolute Gasteiger partial charge is 0.379 e. The van der Waals surface area contributed by atoms with Gasteiger partial charge >= 0.3 is 0 Å². The topological polar surface area (TPSA) is 48.1 Å². The number of piperazine rings is 1. The predicted octanol–water partition coefficient (Wildman–Crippen LogP) is 2.07. The van der Waals surface area contributed by atoms with Gasteiger partial charge in [0.1, 0.15) is 0 Å². The van der Waals surface area contributed by atoms with Crippen molar-refractivity contribution in [2.75, 3.05) is 65.6 Å². The Hall–Kier alpha value is -2.25. The second-order valence-electron chi connectivity index (χ2n) is 8.45. The molecule has 0 aliphatic carbocycles. The molecule has 0 radical (unpaired) electrons. The Morgan fingerprint density at radius 2 is 1.42 bits per heavy atom. The molecule has 1 amide bonds. The van der Waals surface area contributed by atoms with Crippen LogP contribution < -0.4 is 5.32 Å². The van der Waals surface area contributed by atoms with Crippen molar-refractivity contribution in [3.05, 3.63) is 71.3 Å². The summed E-state index contributed by atoms with van der Waals surface area (Å²) in [4.78, 5) is 19.9. The number of benzene rings is 2. The summed E-state index contributed by atoms with van der Waals surface area (Å²) in [5.41, 5.74) is 3.31. The van der Waals surface area contributed by atoms with E-state index >= 15 is 0 Å². The molecule has 2 fully saturated rings. The second kappa shape index (κ2) is 11.4. The van der Waals surface area contributed by atoms with E-state index in [2.05, 4.69) is 56.4 Å². The van der Waals surface area contributed by atoms with Crippen molar-refractivity contribution in [3.8, 4) is 0 Å². The van der Waals surface area contributed by atoms with Crippen molar-refractivity contribution in [1.29, 1.82) is 0 Å². The number of amides is 1. The zero-order chi connectivity index (χ0) is 21.3.